The average Bonchev–Trinajstić information content (AvgIpc) is 3.79. The van der Waals surface area contributed by atoms with Crippen molar-refractivity contribution in [3.8, 4) is 0 Å². The van der Waals surface area contributed by atoms with E-state index in [9.17, 15) is 20.2 Å². The third-order valence-corrected chi connectivity index (χ3v) is 5.61. The molecule has 3 aromatic carbocycles. The molecule has 3 aliphatic rings. The van der Waals surface area contributed by atoms with E-state index in [0.717, 1.165) is 11.1 Å². The van der Waals surface area contributed by atoms with Gasteiger partial charge in [0, 0.05) is 29.3 Å². The molecule has 3 aliphatic heterocycles. The first kappa shape index (κ1) is 24.9. The van der Waals surface area contributed by atoms with Gasteiger partial charge in [-0.25, -0.2) is 4.85 Å². The van der Waals surface area contributed by atoms with Gasteiger partial charge in [0.05, 0.1) is 22.0 Å². The number of rotatable bonds is 5. The number of nitro benzene ring substituents is 2. The van der Waals surface area contributed by atoms with Crippen molar-refractivity contribution in [1.29, 1.82) is 0 Å². The first-order chi connectivity index (χ1) is 17.6. The first-order valence-corrected chi connectivity index (χ1v) is 10.9. The van der Waals surface area contributed by atoms with Crippen molar-refractivity contribution < 1.29 is 9.85 Å². The smallest absolute Gasteiger partial charge is 0.258 e. The molecule has 0 unspecified atom stereocenters. The minimum atomic E-state index is -0.449. The highest BCUT2D eigenvalue weighted by atomic mass is 16.6. The molecule has 0 atom stereocenters. The Balaban J connectivity index is 0.000000130. The van der Waals surface area contributed by atoms with Crippen LogP contribution in [0.1, 0.15) is 36.7 Å². The van der Waals surface area contributed by atoms with Crippen LogP contribution in [-0.2, 0) is 11.3 Å². The summed E-state index contributed by atoms with van der Waals surface area (Å²) in [6.45, 7) is 10.6. The van der Waals surface area contributed by atoms with Crippen LogP contribution in [0, 0.1) is 26.8 Å². The van der Waals surface area contributed by atoms with Gasteiger partial charge >= 0.3 is 0 Å². The van der Waals surface area contributed by atoms with Crippen LogP contribution in [0.5, 0.6) is 0 Å². The molecular weight excluding hydrogens is 478 g/mol. The van der Waals surface area contributed by atoms with E-state index in [0.29, 0.717) is 11.3 Å². The molecule has 0 spiro atoms. The molecule has 0 fully saturated rings. The maximum absolute atomic E-state index is 10.5. The molecule has 13 nitrogen and oxygen atoms in total. The molecular formula is C24H19N9O4. The highest BCUT2D eigenvalue weighted by Gasteiger charge is 2.36. The van der Waals surface area contributed by atoms with Crippen molar-refractivity contribution in [3.05, 3.63) is 121 Å². The topological polar surface area (TPSA) is 165 Å². The number of non-ortho nitro benzene ring substituents is 1. The van der Waals surface area contributed by atoms with E-state index in [4.69, 9.17) is 6.57 Å². The number of para-hydroxylation sites is 1. The second-order valence-electron chi connectivity index (χ2n) is 8.32. The second-order valence-corrected chi connectivity index (χ2v) is 8.32. The van der Waals surface area contributed by atoms with Crippen LogP contribution >= 0.6 is 0 Å². The summed E-state index contributed by atoms with van der Waals surface area (Å²) < 4.78 is 0. The predicted molar refractivity (Wildman–Crippen MR) is 131 cm³/mol. The zero-order valence-corrected chi connectivity index (χ0v) is 19.7. The van der Waals surface area contributed by atoms with Crippen molar-refractivity contribution in [2.24, 2.45) is 30.7 Å². The number of hydrogen-bond donors (Lipinski definition) is 0. The van der Waals surface area contributed by atoms with Gasteiger partial charge in [-0.2, -0.15) is 30.7 Å². The molecule has 184 valence electrons. The molecule has 0 saturated carbocycles. The second kappa shape index (κ2) is 9.78. The molecule has 3 heterocycles. The lowest BCUT2D eigenvalue weighted by atomic mass is 10.1. The van der Waals surface area contributed by atoms with E-state index in [1.807, 2.05) is 26.0 Å². The number of nitrogens with zero attached hydrogens (tertiary/aromatic N) is 9. The molecule has 0 aromatic heterocycles. The average molecular weight is 497 g/mol. The zero-order chi connectivity index (χ0) is 26.6. The van der Waals surface area contributed by atoms with E-state index in [1.165, 1.54) is 18.2 Å². The zero-order valence-electron chi connectivity index (χ0n) is 19.7. The Morgan fingerprint density at radius 1 is 0.757 bits per heavy atom. The van der Waals surface area contributed by atoms with Crippen molar-refractivity contribution in [2.45, 2.75) is 31.3 Å². The summed E-state index contributed by atoms with van der Waals surface area (Å²) in [5.74, 6) is 0. The Labute approximate surface area is 210 Å². The van der Waals surface area contributed by atoms with Crippen LogP contribution in [0.15, 0.2) is 103 Å². The molecule has 3 aromatic rings. The Hall–Kier alpha value is -5.25. The summed E-state index contributed by atoms with van der Waals surface area (Å²) >= 11 is 0. The van der Waals surface area contributed by atoms with E-state index in [-0.39, 0.29) is 23.2 Å². The van der Waals surface area contributed by atoms with E-state index >= 15 is 0 Å². The van der Waals surface area contributed by atoms with Crippen molar-refractivity contribution in [2.75, 3.05) is 0 Å². The quantitative estimate of drug-likeness (QED) is 0.207. The third kappa shape index (κ3) is 6.06. The Bertz CT molecular complexity index is 1460. The fourth-order valence-corrected chi connectivity index (χ4v) is 3.16. The van der Waals surface area contributed by atoms with Crippen LogP contribution in [0.3, 0.4) is 0 Å². The monoisotopic (exact) mass is 497 g/mol. The number of benzene rings is 3. The van der Waals surface area contributed by atoms with E-state index in [2.05, 4.69) is 35.5 Å². The van der Waals surface area contributed by atoms with Crippen molar-refractivity contribution in [3.63, 3.8) is 0 Å². The molecule has 0 bridgehead atoms. The highest BCUT2D eigenvalue weighted by Crippen LogP contribution is 2.40. The molecule has 6 rings (SSSR count). The molecule has 0 amide bonds. The lowest BCUT2D eigenvalue weighted by Gasteiger charge is -2.02. The Morgan fingerprint density at radius 3 is 1.65 bits per heavy atom. The van der Waals surface area contributed by atoms with Gasteiger partial charge in [0.15, 0.2) is 5.69 Å². The predicted octanol–water partition coefficient (Wildman–Crippen LogP) is 7.17. The van der Waals surface area contributed by atoms with Gasteiger partial charge in [0.2, 0.25) is 17.5 Å². The van der Waals surface area contributed by atoms with Gasteiger partial charge in [0.25, 0.3) is 11.4 Å². The first-order valence-electron chi connectivity index (χ1n) is 10.9. The fraction of sp³-hybridized carbons (Fsp3) is 0.208. The third-order valence-electron chi connectivity index (χ3n) is 5.61. The summed E-state index contributed by atoms with van der Waals surface area (Å²) in [6.07, 6.45) is -0.299. The standard InChI is InChI=1S/C9H7N3.C8H7N3O2.C7H5N3O2/c1-9(11-12-9)7-3-5-8(10-2)6-4-7;1-8(9-10-8)6-2-4-7(5-3-6)11(12)13;11-10(12)6-4-2-1-3-5(6)7-8-9-7/h3-6H,1H3;2-5H,1H3;1-4,7H. The largest absolute Gasteiger partial charge is 0.276 e. The van der Waals surface area contributed by atoms with Gasteiger partial charge in [-0.05, 0) is 32.0 Å². The molecule has 13 heteroatoms. The van der Waals surface area contributed by atoms with Gasteiger partial charge in [0.1, 0.15) is 0 Å². The molecule has 0 N–H and O–H groups in total. The van der Waals surface area contributed by atoms with Crippen LogP contribution in [0.2, 0.25) is 0 Å². The summed E-state index contributed by atoms with van der Waals surface area (Å²) in [7, 11) is 0. The van der Waals surface area contributed by atoms with Crippen LogP contribution in [0.25, 0.3) is 4.85 Å². The molecule has 0 saturated heterocycles. The van der Waals surface area contributed by atoms with Crippen molar-refractivity contribution in [1.82, 2.24) is 0 Å². The van der Waals surface area contributed by atoms with Crippen molar-refractivity contribution >= 4 is 17.1 Å². The van der Waals surface area contributed by atoms with E-state index < -0.39 is 15.5 Å². The lowest BCUT2D eigenvalue weighted by molar-refractivity contribution is -0.385. The minimum absolute atomic E-state index is 0.0903. The minimum Gasteiger partial charge on any atom is -0.258 e. The Kier molecular flexibility index (Phi) is 6.57. The summed E-state index contributed by atoms with van der Waals surface area (Å²) in [4.78, 5) is 23.3. The van der Waals surface area contributed by atoms with E-state index in [1.54, 1.807) is 42.5 Å². The molecule has 37 heavy (non-hydrogen) atoms. The SMILES string of the molecule is CC1(c2ccc([N+](=O)[O-])cc2)N=N1.O=[N+]([O-])c1ccccc1C1N=N1.[C-]#[N+]c1ccc(C2(C)N=N2)cc1. The van der Waals surface area contributed by atoms with Gasteiger partial charge in [-0.3, -0.25) is 20.2 Å². The molecule has 0 aliphatic carbocycles. The van der Waals surface area contributed by atoms with Gasteiger partial charge in [-0.15, -0.1) is 0 Å². The maximum Gasteiger partial charge on any atom is 0.276 e. The van der Waals surface area contributed by atoms with Crippen LogP contribution in [-0.4, -0.2) is 9.85 Å². The van der Waals surface area contributed by atoms with Crippen LogP contribution in [0.4, 0.5) is 17.1 Å². The number of nitro groups is 2. The van der Waals surface area contributed by atoms with Crippen LogP contribution < -0.4 is 0 Å². The molecule has 0 radical (unpaired) electrons. The highest BCUT2D eigenvalue weighted by molar-refractivity contribution is 5.47. The lowest BCUT2D eigenvalue weighted by Crippen LogP contribution is -2.01. The van der Waals surface area contributed by atoms with Gasteiger partial charge < -0.3 is 0 Å². The summed E-state index contributed by atoms with van der Waals surface area (Å²) in [6, 6.07) is 20.1. The maximum atomic E-state index is 10.5. The summed E-state index contributed by atoms with van der Waals surface area (Å²) in [5, 5.41) is 43.6. The Morgan fingerprint density at radius 2 is 1.24 bits per heavy atom. The van der Waals surface area contributed by atoms with Gasteiger partial charge in [-0.1, -0.05) is 36.4 Å². The number of hydrogen-bond acceptors (Lipinski definition) is 10. The summed E-state index contributed by atoms with van der Waals surface area (Å²) in [5.41, 5.74) is 2.58. The fourth-order valence-electron chi connectivity index (χ4n) is 3.16. The normalized spacial score (nSPS) is 16.2.